The summed E-state index contributed by atoms with van der Waals surface area (Å²) in [5, 5.41) is 0. The van der Waals surface area contributed by atoms with E-state index < -0.39 is 11.7 Å². The first kappa shape index (κ1) is 14.9. The van der Waals surface area contributed by atoms with Gasteiger partial charge in [0.25, 0.3) is 0 Å². The predicted octanol–water partition coefficient (Wildman–Crippen LogP) is 5.09. The SMILES string of the molecule is CC1CC(C(F)(F)F)=C(OCc2ccccc2)C[C@@H]1C. The van der Waals surface area contributed by atoms with Crippen LogP contribution in [0.25, 0.3) is 0 Å². The van der Waals surface area contributed by atoms with Crippen molar-refractivity contribution in [3.63, 3.8) is 0 Å². The minimum Gasteiger partial charge on any atom is -0.493 e. The Morgan fingerprint density at radius 3 is 2.25 bits per heavy atom. The van der Waals surface area contributed by atoms with Gasteiger partial charge in [-0.1, -0.05) is 44.2 Å². The van der Waals surface area contributed by atoms with Gasteiger partial charge in [-0.25, -0.2) is 0 Å². The molecule has 1 aromatic carbocycles. The highest BCUT2D eigenvalue weighted by Gasteiger charge is 2.41. The van der Waals surface area contributed by atoms with Crippen molar-refractivity contribution in [2.24, 2.45) is 11.8 Å². The maximum atomic E-state index is 13.1. The molecule has 1 aliphatic carbocycles. The lowest BCUT2D eigenvalue weighted by molar-refractivity contribution is -0.103. The maximum absolute atomic E-state index is 13.1. The lowest BCUT2D eigenvalue weighted by Gasteiger charge is -2.31. The van der Waals surface area contributed by atoms with Gasteiger partial charge in [0, 0.05) is 6.42 Å². The molecule has 1 unspecified atom stereocenters. The summed E-state index contributed by atoms with van der Waals surface area (Å²) >= 11 is 0. The number of rotatable bonds is 3. The molecule has 1 nitrogen and oxygen atoms in total. The second-order valence-corrected chi connectivity index (χ2v) is 5.54. The normalized spacial score (nSPS) is 23.9. The molecule has 110 valence electrons. The van der Waals surface area contributed by atoms with E-state index in [4.69, 9.17) is 4.74 Å². The van der Waals surface area contributed by atoms with Gasteiger partial charge in [0.1, 0.15) is 12.4 Å². The van der Waals surface area contributed by atoms with Crippen molar-refractivity contribution in [3.8, 4) is 0 Å². The molecule has 0 spiro atoms. The lowest BCUT2D eigenvalue weighted by atomic mass is 9.80. The third-order valence-electron chi connectivity index (χ3n) is 3.94. The Kier molecular flexibility index (Phi) is 4.41. The molecule has 0 saturated heterocycles. The zero-order valence-corrected chi connectivity index (χ0v) is 11.7. The van der Waals surface area contributed by atoms with Crippen molar-refractivity contribution >= 4 is 0 Å². The van der Waals surface area contributed by atoms with Crippen LogP contribution >= 0.6 is 0 Å². The molecule has 4 heteroatoms. The summed E-state index contributed by atoms with van der Waals surface area (Å²) in [6, 6.07) is 9.27. The molecule has 0 saturated carbocycles. The van der Waals surface area contributed by atoms with E-state index in [-0.39, 0.29) is 30.6 Å². The Balaban J connectivity index is 2.16. The molecule has 20 heavy (non-hydrogen) atoms. The molecular weight excluding hydrogens is 265 g/mol. The first-order valence-corrected chi connectivity index (χ1v) is 6.84. The zero-order valence-electron chi connectivity index (χ0n) is 11.7. The largest absolute Gasteiger partial charge is 0.493 e. The fourth-order valence-corrected chi connectivity index (χ4v) is 2.42. The smallest absolute Gasteiger partial charge is 0.415 e. The van der Waals surface area contributed by atoms with Crippen LogP contribution in [0, 0.1) is 11.8 Å². The average Bonchev–Trinajstić information content (AvgIpc) is 2.39. The average molecular weight is 284 g/mol. The first-order valence-electron chi connectivity index (χ1n) is 6.84. The Hall–Kier alpha value is -1.45. The third-order valence-corrected chi connectivity index (χ3v) is 3.94. The number of hydrogen-bond donors (Lipinski definition) is 0. The highest BCUT2D eigenvalue weighted by atomic mass is 19.4. The second kappa shape index (κ2) is 5.90. The van der Waals surface area contributed by atoms with Crippen LogP contribution in [0.4, 0.5) is 13.2 Å². The highest BCUT2D eigenvalue weighted by Crippen LogP contribution is 2.42. The monoisotopic (exact) mass is 284 g/mol. The molecule has 0 N–H and O–H groups in total. The predicted molar refractivity (Wildman–Crippen MR) is 71.9 cm³/mol. The molecule has 0 radical (unpaired) electrons. The molecule has 0 bridgehead atoms. The molecular formula is C16H19F3O. The first-order chi connectivity index (χ1) is 9.38. The second-order valence-electron chi connectivity index (χ2n) is 5.54. The Morgan fingerprint density at radius 1 is 1.05 bits per heavy atom. The summed E-state index contributed by atoms with van der Waals surface area (Å²) < 4.78 is 44.7. The lowest BCUT2D eigenvalue weighted by Crippen LogP contribution is -2.26. The Morgan fingerprint density at radius 2 is 1.65 bits per heavy atom. The van der Waals surface area contributed by atoms with E-state index in [1.807, 2.05) is 44.2 Å². The number of ether oxygens (including phenoxy) is 1. The van der Waals surface area contributed by atoms with Gasteiger partial charge in [-0.3, -0.25) is 0 Å². The van der Waals surface area contributed by atoms with E-state index in [1.165, 1.54) is 0 Å². The van der Waals surface area contributed by atoms with Crippen LogP contribution in [0.1, 0.15) is 32.3 Å². The van der Waals surface area contributed by atoms with E-state index >= 15 is 0 Å². The molecule has 2 rings (SSSR count). The number of hydrogen-bond acceptors (Lipinski definition) is 1. The summed E-state index contributed by atoms with van der Waals surface area (Å²) in [7, 11) is 0. The van der Waals surface area contributed by atoms with E-state index in [9.17, 15) is 13.2 Å². The fourth-order valence-electron chi connectivity index (χ4n) is 2.42. The van der Waals surface area contributed by atoms with E-state index in [0.29, 0.717) is 6.42 Å². The van der Waals surface area contributed by atoms with Crippen LogP contribution in [0.3, 0.4) is 0 Å². The van der Waals surface area contributed by atoms with Gasteiger partial charge in [-0.2, -0.15) is 13.2 Å². The minimum absolute atomic E-state index is 0.0377. The van der Waals surface area contributed by atoms with Crippen molar-refractivity contribution in [2.75, 3.05) is 0 Å². The van der Waals surface area contributed by atoms with Gasteiger partial charge >= 0.3 is 6.18 Å². The van der Waals surface area contributed by atoms with Gasteiger partial charge in [-0.05, 0) is 23.8 Å². The standard InChI is InChI=1S/C16H19F3O/c1-11-8-14(16(17,18)19)15(9-12(11)2)20-10-13-6-4-3-5-7-13/h3-7,11-12H,8-10H2,1-2H3/t11?,12-/m0/s1. The molecule has 1 aliphatic rings. The maximum Gasteiger partial charge on any atom is 0.415 e. The topological polar surface area (TPSA) is 9.23 Å². The van der Waals surface area contributed by atoms with Gasteiger partial charge in [0.15, 0.2) is 0 Å². The summed E-state index contributed by atoms with van der Waals surface area (Å²) in [4.78, 5) is 0. The molecule has 0 aromatic heterocycles. The van der Waals surface area contributed by atoms with Crippen LogP contribution in [0.5, 0.6) is 0 Å². The van der Waals surface area contributed by atoms with Crippen molar-refractivity contribution < 1.29 is 17.9 Å². The summed E-state index contributed by atoms with van der Waals surface area (Å²) in [5.74, 6) is 0.370. The minimum atomic E-state index is -4.29. The summed E-state index contributed by atoms with van der Waals surface area (Å²) in [6.07, 6.45) is -3.88. The fraction of sp³-hybridized carbons (Fsp3) is 0.500. The third kappa shape index (κ3) is 3.56. The van der Waals surface area contributed by atoms with Crippen LogP contribution < -0.4 is 0 Å². The van der Waals surface area contributed by atoms with Crippen LogP contribution in [-0.4, -0.2) is 6.18 Å². The van der Waals surface area contributed by atoms with Crippen molar-refractivity contribution in [3.05, 3.63) is 47.2 Å². The molecule has 0 heterocycles. The van der Waals surface area contributed by atoms with Crippen molar-refractivity contribution in [1.82, 2.24) is 0 Å². The van der Waals surface area contributed by atoms with Gasteiger partial charge in [0.05, 0.1) is 5.57 Å². The quantitative estimate of drug-likeness (QED) is 0.751. The number of halogens is 3. The number of benzene rings is 1. The van der Waals surface area contributed by atoms with Gasteiger partial charge in [-0.15, -0.1) is 0 Å². The Labute approximate surface area is 117 Å². The van der Waals surface area contributed by atoms with Crippen LogP contribution in [0.2, 0.25) is 0 Å². The van der Waals surface area contributed by atoms with Crippen molar-refractivity contribution in [2.45, 2.75) is 39.5 Å². The van der Waals surface area contributed by atoms with Gasteiger partial charge < -0.3 is 4.74 Å². The molecule has 0 fully saturated rings. The van der Waals surface area contributed by atoms with Crippen LogP contribution in [0.15, 0.2) is 41.7 Å². The molecule has 1 aromatic rings. The summed E-state index contributed by atoms with van der Waals surface area (Å²) in [5.41, 5.74) is 0.395. The number of allylic oxidation sites excluding steroid dienone is 2. The van der Waals surface area contributed by atoms with Gasteiger partial charge in [0.2, 0.25) is 0 Å². The highest BCUT2D eigenvalue weighted by molar-refractivity contribution is 5.20. The van der Waals surface area contributed by atoms with E-state index in [0.717, 1.165) is 5.56 Å². The van der Waals surface area contributed by atoms with E-state index in [2.05, 4.69) is 0 Å². The number of alkyl halides is 3. The molecule has 2 atom stereocenters. The Bertz CT molecular complexity index is 476. The molecule has 0 aliphatic heterocycles. The van der Waals surface area contributed by atoms with Crippen molar-refractivity contribution in [1.29, 1.82) is 0 Å². The summed E-state index contributed by atoms with van der Waals surface area (Å²) in [6.45, 7) is 4.03. The van der Waals surface area contributed by atoms with Crippen LogP contribution in [-0.2, 0) is 11.3 Å². The molecule has 0 amide bonds. The zero-order chi connectivity index (χ0) is 14.8. The van der Waals surface area contributed by atoms with E-state index in [1.54, 1.807) is 0 Å².